The molecule has 1 aromatic rings. The van der Waals surface area contributed by atoms with Crippen LogP contribution in [0.25, 0.3) is 0 Å². The fraction of sp³-hybridized carbons (Fsp3) is 0.533. The third kappa shape index (κ3) is 3.04. The molecule has 22 heavy (non-hydrogen) atoms. The minimum Gasteiger partial charge on any atom is -0.326 e. The molecular formula is C15H16F3NO2S. The first-order valence-corrected chi connectivity index (χ1v) is 8.35. The fourth-order valence-electron chi connectivity index (χ4n) is 2.16. The lowest BCUT2D eigenvalue weighted by Crippen LogP contribution is -2.22. The zero-order valence-corrected chi connectivity index (χ0v) is 12.8. The second kappa shape index (κ2) is 5.08. The van der Waals surface area contributed by atoms with Gasteiger partial charge < -0.3 is 5.32 Å². The number of amides is 1. The number of benzene rings is 1. The minimum atomic E-state index is -4.59. The predicted molar refractivity (Wildman–Crippen MR) is 76.8 cm³/mol. The van der Waals surface area contributed by atoms with Crippen molar-refractivity contribution < 1.29 is 22.2 Å². The molecule has 120 valence electrons. The molecule has 1 unspecified atom stereocenters. The second-order valence-corrected chi connectivity index (χ2v) is 7.92. The number of alkyl halides is 3. The molecule has 0 radical (unpaired) electrons. The molecule has 2 saturated carbocycles. The van der Waals surface area contributed by atoms with E-state index in [1.54, 1.807) is 6.92 Å². The summed E-state index contributed by atoms with van der Waals surface area (Å²) in [6.45, 7) is 1.78. The van der Waals surface area contributed by atoms with Gasteiger partial charge in [0, 0.05) is 16.4 Å². The Morgan fingerprint density at radius 1 is 1.32 bits per heavy atom. The van der Waals surface area contributed by atoms with Gasteiger partial charge in [0.15, 0.2) is 0 Å². The van der Waals surface area contributed by atoms with Crippen LogP contribution in [0.5, 0.6) is 0 Å². The van der Waals surface area contributed by atoms with Crippen LogP contribution in [0.4, 0.5) is 18.9 Å². The van der Waals surface area contributed by atoms with Gasteiger partial charge in [-0.3, -0.25) is 9.00 Å². The third-order valence-corrected chi connectivity index (χ3v) is 6.00. The van der Waals surface area contributed by atoms with Crippen LogP contribution < -0.4 is 5.32 Å². The van der Waals surface area contributed by atoms with Crippen molar-refractivity contribution in [2.75, 3.05) is 5.32 Å². The van der Waals surface area contributed by atoms with Crippen molar-refractivity contribution in [2.24, 2.45) is 5.41 Å². The van der Waals surface area contributed by atoms with Crippen molar-refractivity contribution in [3.8, 4) is 0 Å². The maximum Gasteiger partial charge on any atom is 0.417 e. The first-order valence-electron chi connectivity index (χ1n) is 7.14. The van der Waals surface area contributed by atoms with Crippen LogP contribution in [0.3, 0.4) is 0 Å². The molecule has 1 aromatic carbocycles. The summed E-state index contributed by atoms with van der Waals surface area (Å²) >= 11 is 0. The first-order chi connectivity index (χ1) is 10.2. The Kier molecular flexibility index (Phi) is 3.58. The van der Waals surface area contributed by atoms with E-state index >= 15 is 0 Å². The van der Waals surface area contributed by atoms with Crippen LogP contribution in [0.15, 0.2) is 23.1 Å². The number of hydrogen-bond acceptors (Lipinski definition) is 2. The quantitative estimate of drug-likeness (QED) is 0.914. The van der Waals surface area contributed by atoms with Gasteiger partial charge >= 0.3 is 6.18 Å². The van der Waals surface area contributed by atoms with Gasteiger partial charge in [0.2, 0.25) is 5.91 Å². The highest BCUT2D eigenvalue weighted by Crippen LogP contribution is 2.46. The Labute approximate surface area is 128 Å². The van der Waals surface area contributed by atoms with Crippen molar-refractivity contribution >= 4 is 22.4 Å². The van der Waals surface area contributed by atoms with Crippen molar-refractivity contribution in [1.29, 1.82) is 0 Å². The monoisotopic (exact) mass is 331 g/mol. The molecule has 0 bridgehead atoms. The van der Waals surface area contributed by atoms with Crippen LogP contribution in [0.2, 0.25) is 0 Å². The van der Waals surface area contributed by atoms with Crippen LogP contribution in [-0.4, -0.2) is 15.4 Å². The standard InChI is InChI=1S/C15H16F3NO2S/c1-14(6-7-14)13(20)19-9-2-5-12(22(21)10-3-4-10)11(8-9)15(16,17)18/h2,5,8,10H,3-4,6-7H2,1H3,(H,19,20). The van der Waals surface area contributed by atoms with Crippen molar-refractivity contribution in [1.82, 2.24) is 0 Å². The van der Waals surface area contributed by atoms with Gasteiger partial charge in [0.05, 0.1) is 21.3 Å². The molecule has 7 heteroatoms. The highest BCUT2D eigenvalue weighted by atomic mass is 32.2. The number of carbonyl (C=O) groups is 1. The minimum absolute atomic E-state index is 0.0991. The van der Waals surface area contributed by atoms with Crippen LogP contribution in [0, 0.1) is 5.41 Å². The molecule has 3 rings (SSSR count). The summed E-state index contributed by atoms with van der Waals surface area (Å²) in [5.74, 6) is -0.267. The van der Waals surface area contributed by atoms with E-state index in [0.717, 1.165) is 18.9 Å². The van der Waals surface area contributed by atoms with Gasteiger partial charge in [-0.1, -0.05) is 6.92 Å². The molecule has 1 atom stereocenters. The normalized spacial score (nSPS) is 21.3. The van der Waals surface area contributed by atoms with Gasteiger partial charge in [0.1, 0.15) is 0 Å². The Balaban J connectivity index is 1.90. The average molecular weight is 331 g/mol. The number of anilines is 1. The third-order valence-electron chi connectivity index (χ3n) is 4.13. The molecule has 0 saturated heterocycles. The largest absolute Gasteiger partial charge is 0.417 e. The molecule has 0 heterocycles. The molecule has 0 aliphatic heterocycles. The van der Waals surface area contributed by atoms with Gasteiger partial charge in [-0.05, 0) is 43.9 Å². The predicted octanol–water partition coefficient (Wildman–Crippen LogP) is 3.71. The maximum atomic E-state index is 13.2. The molecule has 3 nitrogen and oxygen atoms in total. The van der Waals surface area contributed by atoms with Crippen LogP contribution in [0.1, 0.15) is 38.2 Å². The lowest BCUT2D eigenvalue weighted by molar-refractivity contribution is -0.139. The smallest absolute Gasteiger partial charge is 0.326 e. The summed E-state index contributed by atoms with van der Waals surface area (Å²) in [5.41, 5.74) is -1.29. The molecule has 1 N–H and O–H groups in total. The van der Waals surface area contributed by atoms with Crippen molar-refractivity contribution in [3.05, 3.63) is 23.8 Å². The zero-order chi connectivity index (χ0) is 16.1. The highest BCUT2D eigenvalue weighted by Gasteiger charge is 2.45. The van der Waals surface area contributed by atoms with E-state index in [1.807, 2.05) is 0 Å². The second-order valence-electron chi connectivity index (χ2n) is 6.22. The molecular weight excluding hydrogens is 315 g/mol. The summed E-state index contributed by atoms with van der Waals surface area (Å²) < 4.78 is 51.7. The van der Waals surface area contributed by atoms with E-state index in [-0.39, 0.29) is 21.7 Å². The summed E-state index contributed by atoms with van der Waals surface area (Å²) in [4.78, 5) is 11.8. The van der Waals surface area contributed by atoms with Gasteiger partial charge in [0.25, 0.3) is 0 Å². The average Bonchev–Trinajstić information content (AvgIpc) is 3.32. The highest BCUT2D eigenvalue weighted by molar-refractivity contribution is 7.86. The molecule has 0 aromatic heterocycles. The number of rotatable bonds is 4. The topological polar surface area (TPSA) is 46.2 Å². The van der Waals surface area contributed by atoms with E-state index in [4.69, 9.17) is 0 Å². The molecule has 1 amide bonds. The molecule has 0 spiro atoms. The lowest BCUT2D eigenvalue weighted by atomic mass is 10.1. The van der Waals surface area contributed by atoms with Gasteiger partial charge in [-0.2, -0.15) is 13.2 Å². The van der Waals surface area contributed by atoms with E-state index in [1.165, 1.54) is 12.1 Å². The number of halogens is 3. The molecule has 2 fully saturated rings. The first kappa shape index (κ1) is 15.5. The van der Waals surface area contributed by atoms with Crippen molar-refractivity contribution in [2.45, 2.75) is 48.9 Å². The molecule has 2 aliphatic rings. The summed E-state index contributed by atoms with van der Waals surface area (Å²) in [6.07, 6.45) is -1.71. The Morgan fingerprint density at radius 2 is 1.95 bits per heavy atom. The Hall–Kier alpha value is -1.37. The summed E-state index contributed by atoms with van der Waals surface area (Å²) in [5, 5.41) is 2.36. The number of carbonyl (C=O) groups excluding carboxylic acids is 1. The maximum absolute atomic E-state index is 13.2. The van der Waals surface area contributed by atoms with E-state index in [9.17, 15) is 22.2 Å². The van der Waals surface area contributed by atoms with Crippen molar-refractivity contribution in [3.63, 3.8) is 0 Å². The lowest BCUT2D eigenvalue weighted by Gasteiger charge is -2.16. The summed E-state index contributed by atoms with van der Waals surface area (Å²) in [6, 6.07) is 3.51. The fourth-order valence-corrected chi connectivity index (χ4v) is 3.68. The van der Waals surface area contributed by atoms with Gasteiger partial charge in [-0.15, -0.1) is 0 Å². The van der Waals surface area contributed by atoms with Gasteiger partial charge in [-0.25, -0.2) is 0 Å². The van der Waals surface area contributed by atoms with E-state index in [0.29, 0.717) is 12.8 Å². The molecule has 2 aliphatic carbocycles. The number of nitrogens with one attached hydrogen (secondary N) is 1. The van der Waals surface area contributed by atoms with E-state index in [2.05, 4.69) is 5.32 Å². The van der Waals surface area contributed by atoms with Crippen LogP contribution >= 0.6 is 0 Å². The Morgan fingerprint density at radius 3 is 2.45 bits per heavy atom. The van der Waals surface area contributed by atoms with Crippen LogP contribution in [-0.2, 0) is 21.8 Å². The number of hydrogen-bond donors (Lipinski definition) is 1. The Bertz CT molecular complexity index is 649. The summed E-state index contributed by atoms with van der Waals surface area (Å²) in [7, 11) is -1.64. The van der Waals surface area contributed by atoms with E-state index < -0.39 is 28.0 Å². The SMILES string of the molecule is CC1(C(=O)Nc2ccc(S(=O)C3CC3)c(C(F)(F)F)c2)CC1. The zero-order valence-electron chi connectivity index (χ0n) is 12.0.